The van der Waals surface area contributed by atoms with Gasteiger partial charge in [0.1, 0.15) is 0 Å². The molecule has 0 aliphatic carbocycles. The van der Waals surface area contributed by atoms with Crippen LogP contribution in [0.4, 0.5) is 5.69 Å². The van der Waals surface area contributed by atoms with Gasteiger partial charge in [-0.15, -0.1) is 0 Å². The molecule has 2 rings (SSSR count). The topological polar surface area (TPSA) is 15.3 Å². The molecule has 0 spiro atoms. The summed E-state index contributed by atoms with van der Waals surface area (Å²) >= 11 is 3.73. The van der Waals surface area contributed by atoms with Gasteiger partial charge >= 0.3 is 0 Å². The molecule has 0 unspecified atom stereocenters. The molecule has 1 saturated heterocycles. The largest absolute Gasteiger partial charge is 0.370 e. The van der Waals surface area contributed by atoms with Gasteiger partial charge in [-0.05, 0) is 58.4 Å². The van der Waals surface area contributed by atoms with E-state index in [2.05, 4.69) is 65.1 Å². The van der Waals surface area contributed by atoms with E-state index in [0.717, 1.165) is 19.6 Å². The predicted octanol–water partition coefficient (Wildman–Crippen LogP) is 4.19. The summed E-state index contributed by atoms with van der Waals surface area (Å²) in [6, 6.07) is 6.76. The lowest BCUT2D eigenvalue weighted by Gasteiger charge is -2.23. The van der Waals surface area contributed by atoms with Crippen LogP contribution in [0.15, 0.2) is 22.7 Å². The molecule has 2 nitrogen and oxygen atoms in total. The first kappa shape index (κ1) is 14.9. The molecule has 1 fully saturated rings. The molecule has 0 bridgehead atoms. The minimum Gasteiger partial charge on any atom is -0.370 e. The van der Waals surface area contributed by atoms with E-state index < -0.39 is 0 Å². The Labute approximate surface area is 125 Å². The molecule has 19 heavy (non-hydrogen) atoms. The van der Waals surface area contributed by atoms with Crippen LogP contribution < -0.4 is 10.2 Å². The zero-order valence-electron chi connectivity index (χ0n) is 12.3. The molecule has 1 aromatic carbocycles. The smallest absolute Gasteiger partial charge is 0.0511 e. The summed E-state index contributed by atoms with van der Waals surface area (Å²) in [5.74, 6) is 0. The van der Waals surface area contributed by atoms with E-state index in [4.69, 9.17) is 0 Å². The fourth-order valence-electron chi connectivity index (χ4n) is 2.64. The highest BCUT2D eigenvalue weighted by Crippen LogP contribution is 2.36. The van der Waals surface area contributed by atoms with Crippen molar-refractivity contribution in [3.63, 3.8) is 0 Å². The van der Waals surface area contributed by atoms with Gasteiger partial charge in [-0.2, -0.15) is 0 Å². The maximum Gasteiger partial charge on any atom is 0.0511 e. The summed E-state index contributed by atoms with van der Waals surface area (Å²) in [4.78, 5) is 2.49. The van der Waals surface area contributed by atoms with Gasteiger partial charge in [-0.1, -0.05) is 26.8 Å². The van der Waals surface area contributed by atoms with Crippen LogP contribution in [0, 0.1) is 5.41 Å². The van der Waals surface area contributed by atoms with Crippen LogP contribution in [0.3, 0.4) is 0 Å². The molecule has 0 saturated carbocycles. The molecule has 0 amide bonds. The van der Waals surface area contributed by atoms with Gasteiger partial charge in [-0.25, -0.2) is 0 Å². The third-order valence-electron chi connectivity index (χ3n) is 3.79. The number of halogens is 1. The van der Waals surface area contributed by atoms with E-state index in [1.54, 1.807) is 0 Å². The van der Waals surface area contributed by atoms with Crippen LogP contribution in [0.5, 0.6) is 0 Å². The normalized spacial score (nSPS) is 18.0. The molecule has 106 valence electrons. The van der Waals surface area contributed by atoms with Crippen LogP contribution in [-0.2, 0) is 6.54 Å². The molecule has 1 heterocycles. The Balaban J connectivity index is 2.03. The second-order valence-electron chi connectivity index (χ2n) is 6.30. The van der Waals surface area contributed by atoms with Gasteiger partial charge in [0.2, 0.25) is 0 Å². The number of benzene rings is 1. The number of hydrogen-bond donors (Lipinski definition) is 1. The van der Waals surface area contributed by atoms with Gasteiger partial charge in [0.15, 0.2) is 0 Å². The standard InChI is InChI=1S/C16H25BrN2/c1-4-8-18-11-13-5-6-15(14(17)10-13)19-9-7-16(2,3)12-19/h5-6,10,18H,4,7-9,11-12H2,1-3H3. The van der Waals surface area contributed by atoms with Gasteiger partial charge in [0.05, 0.1) is 5.69 Å². The van der Waals surface area contributed by atoms with Crippen molar-refractivity contribution in [1.82, 2.24) is 5.32 Å². The Morgan fingerprint density at radius 3 is 2.74 bits per heavy atom. The average molecular weight is 325 g/mol. The monoisotopic (exact) mass is 324 g/mol. The minimum absolute atomic E-state index is 0.445. The Morgan fingerprint density at radius 1 is 1.37 bits per heavy atom. The van der Waals surface area contributed by atoms with E-state index in [1.807, 2.05) is 0 Å². The Morgan fingerprint density at radius 2 is 2.16 bits per heavy atom. The van der Waals surface area contributed by atoms with Crippen molar-refractivity contribution in [3.8, 4) is 0 Å². The third kappa shape index (κ3) is 3.96. The zero-order valence-corrected chi connectivity index (χ0v) is 13.9. The summed E-state index contributed by atoms with van der Waals surface area (Å²) in [6.45, 7) is 11.3. The first-order valence-electron chi connectivity index (χ1n) is 7.26. The van der Waals surface area contributed by atoms with Crippen molar-refractivity contribution >= 4 is 21.6 Å². The predicted molar refractivity (Wildman–Crippen MR) is 86.8 cm³/mol. The molecule has 1 aromatic rings. The summed E-state index contributed by atoms with van der Waals surface area (Å²) in [5.41, 5.74) is 3.13. The van der Waals surface area contributed by atoms with E-state index in [-0.39, 0.29) is 0 Å². The summed E-state index contributed by atoms with van der Waals surface area (Å²) in [5, 5.41) is 3.45. The van der Waals surface area contributed by atoms with Crippen LogP contribution in [0.2, 0.25) is 0 Å². The number of rotatable bonds is 5. The van der Waals surface area contributed by atoms with Crippen LogP contribution in [0.25, 0.3) is 0 Å². The first-order valence-corrected chi connectivity index (χ1v) is 8.05. The van der Waals surface area contributed by atoms with Crippen molar-refractivity contribution in [2.45, 2.75) is 40.2 Å². The van der Waals surface area contributed by atoms with Crippen LogP contribution in [-0.4, -0.2) is 19.6 Å². The minimum atomic E-state index is 0.445. The highest BCUT2D eigenvalue weighted by atomic mass is 79.9. The lowest BCUT2D eigenvalue weighted by molar-refractivity contribution is 0.418. The zero-order chi connectivity index (χ0) is 13.9. The van der Waals surface area contributed by atoms with Gasteiger partial charge < -0.3 is 10.2 Å². The molecule has 1 aliphatic rings. The number of hydrogen-bond acceptors (Lipinski definition) is 2. The third-order valence-corrected chi connectivity index (χ3v) is 4.42. The molecule has 3 heteroatoms. The van der Waals surface area contributed by atoms with E-state index >= 15 is 0 Å². The molecule has 0 aromatic heterocycles. The van der Waals surface area contributed by atoms with E-state index in [9.17, 15) is 0 Å². The van der Waals surface area contributed by atoms with Crippen molar-refractivity contribution in [1.29, 1.82) is 0 Å². The number of nitrogens with zero attached hydrogens (tertiary/aromatic N) is 1. The Bertz CT molecular complexity index is 429. The van der Waals surface area contributed by atoms with E-state index in [1.165, 1.54) is 35.1 Å². The number of nitrogens with one attached hydrogen (secondary N) is 1. The van der Waals surface area contributed by atoms with Crippen molar-refractivity contribution < 1.29 is 0 Å². The SMILES string of the molecule is CCCNCc1ccc(N2CCC(C)(C)C2)c(Br)c1. The van der Waals surface area contributed by atoms with E-state index in [0.29, 0.717) is 5.41 Å². The van der Waals surface area contributed by atoms with Crippen LogP contribution >= 0.6 is 15.9 Å². The van der Waals surface area contributed by atoms with Gasteiger partial charge in [-0.3, -0.25) is 0 Å². The lowest BCUT2D eigenvalue weighted by atomic mass is 9.93. The van der Waals surface area contributed by atoms with Gasteiger partial charge in [0.25, 0.3) is 0 Å². The quantitative estimate of drug-likeness (QED) is 0.817. The molecule has 0 atom stereocenters. The molecular formula is C16H25BrN2. The molecule has 0 radical (unpaired) electrons. The summed E-state index contributed by atoms with van der Waals surface area (Å²) in [6.07, 6.45) is 2.46. The second kappa shape index (κ2) is 6.27. The highest BCUT2D eigenvalue weighted by Gasteiger charge is 2.29. The Hall–Kier alpha value is -0.540. The lowest BCUT2D eigenvalue weighted by Crippen LogP contribution is -2.23. The van der Waals surface area contributed by atoms with Crippen molar-refractivity contribution in [2.75, 3.05) is 24.5 Å². The maximum atomic E-state index is 3.73. The Kier molecular flexibility index (Phi) is 4.91. The van der Waals surface area contributed by atoms with Crippen molar-refractivity contribution in [3.05, 3.63) is 28.2 Å². The summed E-state index contributed by atoms with van der Waals surface area (Å²) < 4.78 is 1.22. The molecule has 1 N–H and O–H groups in total. The second-order valence-corrected chi connectivity index (χ2v) is 7.15. The van der Waals surface area contributed by atoms with Gasteiger partial charge in [0, 0.05) is 24.1 Å². The fraction of sp³-hybridized carbons (Fsp3) is 0.625. The summed E-state index contributed by atoms with van der Waals surface area (Å²) in [7, 11) is 0. The molecule has 1 aliphatic heterocycles. The average Bonchev–Trinajstić information content (AvgIpc) is 2.70. The van der Waals surface area contributed by atoms with Crippen molar-refractivity contribution in [2.24, 2.45) is 5.41 Å². The highest BCUT2D eigenvalue weighted by molar-refractivity contribution is 9.10. The maximum absolute atomic E-state index is 3.73. The number of anilines is 1. The fourth-order valence-corrected chi connectivity index (χ4v) is 3.32. The molecular weight excluding hydrogens is 300 g/mol. The first-order chi connectivity index (χ1) is 9.02. The van der Waals surface area contributed by atoms with Crippen LogP contribution in [0.1, 0.15) is 39.2 Å².